The SMILES string of the molecule is CS(=O)(=O)c1ccc(-n2cc(C(F)(F)F)nc2-c2cccnc2)cc1.NS(=O)(=O)c1ccc(-c2c(-c3ccccc3)noc2C(F)F)cc1.NS(=O)(=O)c1ccc(-c2c(-c3ccccc3)noc2CO)cc1.NS(=O)(=O)c1ccc(-c2coc(=O)n2-c2ccc(Cl)cc2)cc1.NS(=O)(=O)c1ccc(-n2cc(C(F)(F)F)nc2-c2cccnc2)cc1. The lowest BCUT2D eigenvalue weighted by Gasteiger charge is -2.08. The molecule has 42 heteroatoms. The second-order valence-electron chi connectivity index (χ2n) is 25.1. The molecule has 120 heavy (non-hydrogen) atoms. The highest BCUT2D eigenvalue weighted by Crippen LogP contribution is 2.41. The quantitative estimate of drug-likeness (QED) is 0.0529. The Morgan fingerprint density at radius 1 is 0.442 bits per heavy atom. The van der Waals surface area contributed by atoms with Crippen LogP contribution in [-0.2, 0) is 68.9 Å². The Morgan fingerprint density at radius 2 is 0.800 bits per heavy atom. The second kappa shape index (κ2) is 36.2. The van der Waals surface area contributed by atoms with Gasteiger partial charge >= 0.3 is 18.1 Å². The van der Waals surface area contributed by atoms with Crippen LogP contribution in [0.2, 0.25) is 5.02 Å². The molecule has 0 unspecified atom stereocenters. The van der Waals surface area contributed by atoms with Gasteiger partial charge in [0.2, 0.25) is 45.9 Å². The summed E-state index contributed by atoms with van der Waals surface area (Å²) in [7, 11) is -18.7. The maximum absolute atomic E-state index is 13.3. The molecule has 0 saturated carbocycles. The molecule has 0 saturated heterocycles. The number of primary sulfonamides is 4. The maximum atomic E-state index is 13.3. The van der Waals surface area contributed by atoms with Gasteiger partial charge in [-0.3, -0.25) is 19.1 Å². The molecule has 620 valence electrons. The molecule has 0 aliphatic heterocycles. The number of alkyl halides is 8. The van der Waals surface area contributed by atoms with Crippen LogP contribution in [0.1, 0.15) is 29.3 Å². The summed E-state index contributed by atoms with van der Waals surface area (Å²) in [6.07, 6.45) is -2.22. The molecular formula is C78H60ClF8N13O15S5. The largest absolute Gasteiger partial charge is 0.434 e. The first-order valence-electron chi connectivity index (χ1n) is 34.0. The lowest BCUT2D eigenvalue weighted by Crippen LogP contribution is -2.13. The average Bonchev–Trinajstić information content (AvgIpc) is 1.67. The highest BCUT2D eigenvalue weighted by Gasteiger charge is 2.37. The van der Waals surface area contributed by atoms with Crippen LogP contribution in [0, 0.1) is 0 Å². The number of pyridine rings is 2. The zero-order valence-corrected chi connectivity index (χ0v) is 66.0. The van der Waals surface area contributed by atoms with Gasteiger partial charge in [0.05, 0.1) is 47.0 Å². The third-order valence-corrected chi connectivity index (χ3v) is 22.0. The molecule has 0 bridgehead atoms. The molecule has 0 aliphatic carbocycles. The number of nitrogens with zero attached hydrogens (tertiary/aromatic N) is 9. The summed E-state index contributed by atoms with van der Waals surface area (Å²) < 4.78 is 237. The van der Waals surface area contributed by atoms with Crippen LogP contribution in [0.15, 0.2) is 317 Å². The lowest BCUT2D eigenvalue weighted by atomic mass is 9.99. The molecule has 0 fully saturated rings. The van der Waals surface area contributed by atoms with Gasteiger partial charge in [0, 0.05) is 87.7 Å². The number of hydrogen-bond donors (Lipinski definition) is 5. The van der Waals surface area contributed by atoms with Crippen molar-refractivity contribution in [3.8, 4) is 95.9 Å². The molecule has 7 aromatic heterocycles. The van der Waals surface area contributed by atoms with E-state index in [1.54, 1.807) is 103 Å². The zero-order valence-electron chi connectivity index (χ0n) is 61.2. The fourth-order valence-electron chi connectivity index (χ4n) is 11.3. The molecule has 0 amide bonds. The van der Waals surface area contributed by atoms with Gasteiger partial charge in [-0.05, 0) is 145 Å². The van der Waals surface area contributed by atoms with Crippen LogP contribution in [-0.4, -0.2) is 97.4 Å². The van der Waals surface area contributed by atoms with Crippen molar-refractivity contribution in [3.05, 3.63) is 312 Å². The van der Waals surface area contributed by atoms with E-state index in [4.69, 9.17) is 45.6 Å². The second-order valence-corrected chi connectivity index (χ2v) is 33.8. The Hall–Kier alpha value is -12.8. The number of halogens is 9. The van der Waals surface area contributed by atoms with E-state index in [0.29, 0.717) is 78.2 Å². The van der Waals surface area contributed by atoms with Crippen molar-refractivity contribution in [2.24, 2.45) is 20.6 Å². The number of benzene rings is 8. The van der Waals surface area contributed by atoms with Crippen LogP contribution in [0.3, 0.4) is 0 Å². The number of aliphatic hydroxyl groups excluding tert-OH is 1. The fraction of sp³-hybridized carbons (Fsp3) is 0.0641. The van der Waals surface area contributed by atoms with Crippen LogP contribution in [0.25, 0.3) is 95.9 Å². The smallest absolute Gasteiger partial charge is 0.415 e. The Balaban J connectivity index is 0.000000147. The molecule has 8 aromatic carbocycles. The summed E-state index contributed by atoms with van der Waals surface area (Å²) in [4.78, 5) is 26.9. The third kappa shape index (κ3) is 21.6. The van der Waals surface area contributed by atoms with Crippen LogP contribution in [0.4, 0.5) is 35.1 Å². The molecular weight excluding hydrogens is 1710 g/mol. The van der Waals surface area contributed by atoms with Gasteiger partial charge in [-0.1, -0.05) is 119 Å². The van der Waals surface area contributed by atoms with Gasteiger partial charge in [0.1, 0.15) is 35.9 Å². The van der Waals surface area contributed by atoms with E-state index in [1.165, 1.54) is 142 Å². The predicted molar refractivity (Wildman–Crippen MR) is 423 cm³/mol. The van der Waals surface area contributed by atoms with Crippen molar-refractivity contribution < 1.29 is 95.8 Å². The summed E-state index contributed by atoms with van der Waals surface area (Å²) in [6.45, 7) is -0.313. The topological polar surface area (TPSA) is 444 Å². The third-order valence-electron chi connectivity index (χ3n) is 16.9. The van der Waals surface area contributed by atoms with Crippen molar-refractivity contribution in [1.29, 1.82) is 0 Å². The number of oxazole rings is 1. The van der Waals surface area contributed by atoms with Crippen molar-refractivity contribution in [2.75, 3.05) is 6.26 Å². The Morgan fingerprint density at radius 3 is 1.17 bits per heavy atom. The minimum atomic E-state index is -4.62. The number of imidazole rings is 2. The number of rotatable bonds is 17. The van der Waals surface area contributed by atoms with Crippen molar-refractivity contribution >= 4 is 61.5 Å². The standard InChI is InChI=1S/C16H12F3N3O2S.C16H12F2N2O3S.C16H14N2O4S.C15H11ClN2O4S.C15H11F3N4O2S/c1-25(23,24)13-6-4-12(5-7-13)22-10-14(16(17,18)19)21-15(22)11-3-2-8-20-9-11;17-16(18)15-13(10-6-8-12(9-7-10)24(19,21)22)14(20-23-15)11-4-2-1-3-5-11;17-23(20,21)13-8-6-11(7-9-13)15-14(10-19)22-18-16(15)12-4-2-1-3-5-12;16-11-3-5-12(6-4-11)18-14(9-22-15(18)19)10-1-7-13(8-2-10)23(17,20)21;16-15(17,18)13-9-22(14(21-13)10-2-1-7-20-8-10)11-3-5-12(6-4-11)25(19,23)24/h2-10H,1H3;1-9,16H,(H2,19,21,22);1-9,19H,10H2,(H2,17,20,21);1-9H,(H2,17,20,21);1-9H,(H2,19,23,24). The van der Waals surface area contributed by atoms with E-state index in [-0.39, 0.29) is 54.0 Å². The molecule has 15 rings (SSSR count). The van der Waals surface area contributed by atoms with E-state index in [9.17, 15) is 87.1 Å². The van der Waals surface area contributed by atoms with E-state index in [1.807, 2.05) is 30.3 Å². The van der Waals surface area contributed by atoms with E-state index >= 15 is 0 Å². The Kier molecular flexibility index (Phi) is 26.5. The minimum absolute atomic E-state index is 0.00913. The number of aromatic nitrogens is 9. The summed E-state index contributed by atoms with van der Waals surface area (Å²) in [6, 6.07) is 58.9. The molecule has 0 spiro atoms. The Labute approximate surface area is 682 Å². The number of hydrogen-bond acceptors (Lipinski definition) is 21. The monoisotopic (exact) mass is 1770 g/mol. The molecule has 28 nitrogen and oxygen atoms in total. The van der Waals surface area contributed by atoms with Crippen LogP contribution >= 0.6 is 11.6 Å². The maximum Gasteiger partial charge on any atom is 0.434 e. The highest BCUT2D eigenvalue weighted by molar-refractivity contribution is 7.91. The minimum Gasteiger partial charge on any atom is -0.415 e. The summed E-state index contributed by atoms with van der Waals surface area (Å²) in [5, 5.41) is 38.0. The van der Waals surface area contributed by atoms with Gasteiger partial charge < -0.3 is 18.6 Å². The summed E-state index contributed by atoms with van der Waals surface area (Å²) >= 11 is 5.85. The molecule has 7 heterocycles. The lowest BCUT2D eigenvalue weighted by molar-refractivity contribution is -0.141. The fourth-order valence-corrected chi connectivity index (χ4v) is 14.1. The van der Waals surface area contributed by atoms with Crippen molar-refractivity contribution in [1.82, 2.24) is 44.0 Å². The first-order chi connectivity index (χ1) is 56.6. The molecule has 9 N–H and O–H groups in total. The van der Waals surface area contributed by atoms with Crippen molar-refractivity contribution in [2.45, 2.75) is 49.9 Å². The van der Waals surface area contributed by atoms with Gasteiger partial charge in [-0.2, -0.15) is 26.3 Å². The number of sulfonamides is 4. The van der Waals surface area contributed by atoms with Gasteiger partial charge in [0.25, 0.3) is 6.43 Å². The number of aliphatic hydroxyl groups is 1. The predicted octanol–water partition coefficient (Wildman–Crippen LogP) is 14.1. The van der Waals surface area contributed by atoms with E-state index in [0.717, 1.165) is 24.2 Å². The first-order valence-corrected chi connectivity index (χ1v) is 42.4. The van der Waals surface area contributed by atoms with E-state index < -0.39 is 91.6 Å². The van der Waals surface area contributed by atoms with Gasteiger partial charge in [0.15, 0.2) is 27.0 Å². The average molecular weight is 1770 g/mol. The van der Waals surface area contributed by atoms with Crippen LogP contribution < -0.4 is 26.3 Å². The summed E-state index contributed by atoms with van der Waals surface area (Å²) in [5.74, 6) is -0.724. The molecule has 0 radical (unpaired) electrons. The van der Waals surface area contributed by atoms with E-state index in [2.05, 4.69) is 30.2 Å². The van der Waals surface area contributed by atoms with Crippen molar-refractivity contribution in [3.63, 3.8) is 0 Å². The van der Waals surface area contributed by atoms with Crippen LogP contribution in [0.5, 0.6) is 0 Å². The highest BCUT2D eigenvalue weighted by atomic mass is 35.5. The zero-order chi connectivity index (χ0) is 86.9. The molecule has 15 aromatic rings. The molecule has 0 aliphatic rings. The number of nitrogens with two attached hydrogens (primary N) is 4. The summed E-state index contributed by atoms with van der Waals surface area (Å²) in [5.41, 5.74) is 5.08. The first kappa shape index (κ1) is 88.0. The van der Waals surface area contributed by atoms with Gasteiger partial charge in [-0.15, -0.1) is 0 Å². The molecule has 0 atom stereocenters. The Bertz CT molecular complexity index is 6620. The number of sulfone groups is 1. The normalized spacial score (nSPS) is 11.9. The van der Waals surface area contributed by atoms with Gasteiger partial charge in [-0.25, -0.2) is 90.8 Å².